The third-order valence-corrected chi connectivity index (χ3v) is 5.64. The number of rotatable bonds is 3. The zero-order valence-corrected chi connectivity index (χ0v) is 14.7. The van der Waals surface area contributed by atoms with Gasteiger partial charge < -0.3 is 5.32 Å². The van der Waals surface area contributed by atoms with Gasteiger partial charge in [-0.3, -0.25) is 4.79 Å². The lowest BCUT2D eigenvalue weighted by atomic mass is 9.90. The van der Waals surface area contributed by atoms with Crippen LogP contribution in [0.15, 0.2) is 41.3 Å². The van der Waals surface area contributed by atoms with Gasteiger partial charge in [-0.05, 0) is 67.5 Å². The highest BCUT2D eigenvalue weighted by atomic mass is 32.2. The molecule has 0 aliphatic heterocycles. The predicted molar refractivity (Wildman–Crippen MR) is 95.3 cm³/mol. The highest BCUT2D eigenvalue weighted by Gasteiger charge is 2.18. The topological polar surface area (TPSA) is 63.2 Å². The number of aryl methyl sites for hydroxylation is 2. The van der Waals surface area contributed by atoms with E-state index in [1.807, 2.05) is 12.1 Å². The average Bonchev–Trinajstić information content (AvgIpc) is 2.54. The average molecular weight is 343 g/mol. The molecule has 0 unspecified atom stereocenters. The van der Waals surface area contributed by atoms with Crippen LogP contribution >= 0.6 is 0 Å². The van der Waals surface area contributed by atoms with E-state index in [9.17, 15) is 13.2 Å². The summed E-state index contributed by atoms with van der Waals surface area (Å²) in [6.45, 7) is 1.81. The molecule has 24 heavy (non-hydrogen) atoms. The predicted octanol–water partition coefficient (Wildman–Crippen LogP) is 3.53. The molecule has 2 aromatic rings. The van der Waals surface area contributed by atoms with Crippen LogP contribution in [0.3, 0.4) is 0 Å². The van der Waals surface area contributed by atoms with Crippen molar-refractivity contribution in [2.75, 3.05) is 11.6 Å². The molecule has 0 aromatic heterocycles. The van der Waals surface area contributed by atoms with Crippen molar-refractivity contribution in [3.63, 3.8) is 0 Å². The van der Waals surface area contributed by atoms with Gasteiger partial charge in [-0.1, -0.05) is 18.2 Å². The fourth-order valence-electron chi connectivity index (χ4n) is 3.16. The van der Waals surface area contributed by atoms with E-state index in [-0.39, 0.29) is 10.8 Å². The number of hydrogen-bond acceptors (Lipinski definition) is 3. The van der Waals surface area contributed by atoms with Crippen molar-refractivity contribution in [3.8, 4) is 0 Å². The van der Waals surface area contributed by atoms with Crippen LogP contribution in [0.5, 0.6) is 0 Å². The summed E-state index contributed by atoms with van der Waals surface area (Å²) < 4.78 is 23.5. The normalized spacial score (nSPS) is 14.1. The highest BCUT2D eigenvalue weighted by molar-refractivity contribution is 7.90. The molecule has 4 nitrogen and oxygen atoms in total. The molecule has 0 atom stereocenters. The summed E-state index contributed by atoms with van der Waals surface area (Å²) in [5, 5.41) is 2.97. The monoisotopic (exact) mass is 343 g/mol. The van der Waals surface area contributed by atoms with Gasteiger partial charge in [0, 0.05) is 17.5 Å². The molecule has 0 radical (unpaired) electrons. The van der Waals surface area contributed by atoms with E-state index < -0.39 is 9.84 Å². The second-order valence-corrected chi connectivity index (χ2v) is 8.37. The van der Waals surface area contributed by atoms with Crippen LogP contribution in [0.25, 0.3) is 0 Å². The lowest BCUT2D eigenvalue weighted by molar-refractivity contribution is 0.102. The molecular weight excluding hydrogens is 322 g/mol. The van der Waals surface area contributed by atoms with E-state index in [0.29, 0.717) is 5.56 Å². The Morgan fingerprint density at radius 2 is 1.83 bits per heavy atom. The lowest BCUT2D eigenvalue weighted by Crippen LogP contribution is -2.17. The highest BCUT2D eigenvalue weighted by Crippen LogP contribution is 2.28. The van der Waals surface area contributed by atoms with E-state index in [1.165, 1.54) is 29.7 Å². The Bertz CT molecular complexity index is 901. The smallest absolute Gasteiger partial charge is 0.255 e. The van der Waals surface area contributed by atoms with E-state index in [4.69, 9.17) is 0 Å². The van der Waals surface area contributed by atoms with Crippen molar-refractivity contribution in [1.29, 1.82) is 0 Å². The second-order valence-electron chi connectivity index (χ2n) is 6.35. The summed E-state index contributed by atoms with van der Waals surface area (Å²) in [6.07, 6.45) is 5.46. The lowest BCUT2D eigenvalue weighted by Gasteiger charge is -2.20. The largest absolute Gasteiger partial charge is 0.322 e. The van der Waals surface area contributed by atoms with Gasteiger partial charge in [0.05, 0.1) is 4.90 Å². The summed E-state index contributed by atoms with van der Waals surface area (Å²) in [5.41, 5.74) is 4.48. The van der Waals surface area contributed by atoms with Gasteiger partial charge in [0.2, 0.25) is 0 Å². The van der Waals surface area contributed by atoms with E-state index in [2.05, 4.69) is 11.4 Å². The molecule has 0 fully saturated rings. The quantitative estimate of drug-likeness (QED) is 0.927. The molecule has 0 bridgehead atoms. The van der Waals surface area contributed by atoms with Crippen molar-refractivity contribution in [1.82, 2.24) is 0 Å². The first-order valence-corrected chi connectivity index (χ1v) is 9.98. The molecule has 2 aromatic carbocycles. The first-order valence-electron chi connectivity index (χ1n) is 8.09. The first kappa shape index (κ1) is 16.7. The van der Waals surface area contributed by atoms with Gasteiger partial charge in [-0.15, -0.1) is 0 Å². The minimum atomic E-state index is -3.34. The molecule has 0 spiro atoms. The van der Waals surface area contributed by atoms with Crippen LogP contribution in [0, 0.1) is 6.92 Å². The third kappa shape index (κ3) is 3.36. The van der Waals surface area contributed by atoms with Crippen molar-refractivity contribution in [2.45, 2.75) is 37.5 Å². The summed E-state index contributed by atoms with van der Waals surface area (Å²) in [4.78, 5) is 12.9. The van der Waals surface area contributed by atoms with Crippen molar-refractivity contribution in [2.24, 2.45) is 0 Å². The van der Waals surface area contributed by atoms with Gasteiger partial charge in [0.15, 0.2) is 9.84 Å². The number of amides is 1. The van der Waals surface area contributed by atoms with Crippen molar-refractivity contribution in [3.05, 3.63) is 58.7 Å². The molecule has 5 heteroatoms. The maximum Gasteiger partial charge on any atom is 0.255 e. The Morgan fingerprint density at radius 1 is 1.08 bits per heavy atom. The summed E-state index contributed by atoms with van der Waals surface area (Å²) in [7, 11) is -3.34. The molecule has 1 amide bonds. The van der Waals surface area contributed by atoms with Crippen LogP contribution in [0.1, 0.15) is 39.9 Å². The minimum Gasteiger partial charge on any atom is -0.322 e. The molecule has 0 heterocycles. The van der Waals surface area contributed by atoms with Crippen molar-refractivity contribution < 1.29 is 13.2 Å². The summed E-state index contributed by atoms with van der Waals surface area (Å²) >= 11 is 0. The van der Waals surface area contributed by atoms with Gasteiger partial charge in [-0.25, -0.2) is 8.42 Å². The number of hydrogen-bond donors (Lipinski definition) is 1. The van der Waals surface area contributed by atoms with Crippen LogP contribution in [-0.2, 0) is 22.7 Å². The van der Waals surface area contributed by atoms with Crippen LogP contribution in [0.2, 0.25) is 0 Å². The Morgan fingerprint density at radius 3 is 2.58 bits per heavy atom. The maximum atomic E-state index is 12.7. The third-order valence-electron chi connectivity index (χ3n) is 4.53. The fourth-order valence-corrected chi connectivity index (χ4v) is 3.81. The molecule has 1 aliphatic rings. The number of fused-ring (bicyclic) bond motifs is 1. The first-order chi connectivity index (χ1) is 11.4. The SMILES string of the molecule is Cc1ccc(S(C)(=O)=O)cc1C(=O)Nc1cccc2c1CCCC2. The minimum absolute atomic E-state index is 0.161. The number of carbonyl (C=O) groups is 1. The van der Waals surface area contributed by atoms with Gasteiger partial charge in [-0.2, -0.15) is 0 Å². The number of benzene rings is 2. The van der Waals surface area contributed by atoms with Crippen molar-refractivity contribution >= 4 is 21.4 Å². The summed E-state index contributed by atoms with van der Waals surface area (Å²) in [5.74, 6) is -0.267. The Hall–Kier alpha value is -2.14. The standard InChI is InChI=1S/C19H21NO3S/c1-13-10-11-15(24(2,22)23)12-17(13)19(21)20-18-9-5-7-14-6-3-4-8-16(14)18/h5,7,9-12H,3-4,6,8H2,1-2H3,(H,20,21). The molecular formula is C19H21NO3S. The summed E-state index contributed by atoms with van der Waals surface area (Å²) in [6, 6.07) is 10.6. The van der Waals surface area contributed by atoms with Crippen LogP contribution in [-0.4, -0.2) is 20.6 Å². The molecule has 0 saturated heterocycles. The van der Waals surface area contributed by atoms with Gasteiger partial charge in [0.25, 0.3) is 5.91 Å². The van der Waals surface area contributed by atoms with Crippen LogP contribution in [0.4, 0.5) is 5.69 Å². The van der Waals surface area contributed by atoms with Crippen LogP contribution < -0.4 is 5.32 Å². The maximum absolute atomic E-state index is 12.7. The zero-order valence-electron chi connectivity index (χ0n) is 13.9. The molecule has 0 saturated carbocycles. The number of nitrogens with one attached hydrogen (secondary N) is 1. The Labute approximate surface area is 142 Å². The number of anilines is 1. The molecule has 3 rings (SSSR count). The molecule has 126 valence electrons. The van der Waals surface area contributed by atoms with Gasteiger partial charge >= 0.3 is 0 Å². The van der Waals surface area contributed by atoms with E-state index in [1.54, 1.807) is 13.0 Å². The van der Waals surface area contributed by atoms with Gasteiger partial charge in [0.1, 0.15) is 0 Å². The molecule has 1 N–H and O–H groups in total. The molecule has 1 aliphatic carbocycles. The zero-order chi connectivity index (χ0) is 17.3. The number of carbonyl (C=O) groups excluding carboxylic acids is 1. The second kappa shape index (κ2) is 6.40. The number of sulfone groups is 1. The van der Waals surface area contributed by atoms with E-state index >= 15 is 0 Å². The Kier molecular flexibility index (Phi) is 4.45. The Balaban J connectivity index is 1.94. The fraction of sp³-hybridized carbons (Fsp3) is 0.316. The van der Waals surface area contributed by atoms with E-state index in [0.717, 1.165) is 36.8 Å².